The number of nitrogens with one attached hydrogen (secondary N) is 1. The molecule has 0 aliphatic heterocycles. The standard InChI is InChI=1S/C15H17N5O7S/c1-5-27-15(22)11-7(2)9(4)28-14(11)16-10(21)6-18-8(3)12(19(23)24)13(17-18)20(25)26/h5-6H2,1-4H3,(H,16,21). The van der Waals surface area contributed by atoms with Crippen LogP contribution in [0.25, 0.3) is 0 Å². The van der Waals surface area contributed by atoms with Crippen LogP contribution >= 0.6 is 11.3 Å². The van der Waals surface area contributed by atoms with E-state index in [-0.39, 0.29) is 22.9 Å². The highest BCUT2D eigenvalue weighted by Crippen LogP contribution is 2.33. The first kappa shape index (κ1) is 21.0. The van der Waals surface area contributed by atoms with Crippen LogP contribution in [0.15, 0.2) is 0 Å². The first-order chi connectivity index (χ1) is 13.1. The molecule has 0 aliphatic rings. The second-order valence-corrected chi connectivity index (χ2v) is 6.91. The average Bonchev–Trinajstić information content (AvgIpc) is 3.05. The molecule has 12 nitrogen and oxygen atoms in total. The van der Waals surface area contributed by atoms with E-state index in [2.05, 4.69) is 10.4 Å². The van der Waals surface area contributed by atoms with Crippen molar-refractivity contribution in [2.24, 2.45) is 0 Å². The van der Waals surface area contributed by atoms with Gasteiger partial charge in [0.1, 0.15) is 17.2 Å². The molecule has 13 heteroatoms. The fraction of sp³-hybridized carbons (Fsp3) is 0.400. The van der Waals surface area contributed by atoms with Crippen molar-refractivity contribution in [3.05, 3.63) is 41.9 Å². The number of hydrogen-bond acceptors (Lipinski definition) is 9. The molecule has 0 bridgehead atoms. The number of anilines is 1. The molecule has 0 saturated carbocycles. The first-order valence-electron chi connectivity index (χ1n) is 8.01. The minimum absolute atomic E-state index is 0.129. The summed E-state index contributed by atoms with van der Waals surface area (Å²) >= 11 is 1.18. The average molecular weight is 411 g/mol. The van der Waals surface area contributed by atoms with Gasteiger partial charge in [-0.2, -0.15) is 4.68 Å². The van der Waals surface area contributed by atoms with Crippen LogP contribution in [0.5, 0.6) is 0 Å². The molecule has 0 aromatic carbocycles. The Kier molecular flexibility index (Phi) is 6.08. The lowest BCUT2D eigenvalue weighted by atomic mass is 10.1. The molecule has 2 heterocycles. The first-order valence-corrected chi connectivity index (χ1v) is 8.83. The van der Waals surface area contributed by atoms with Gasteiger partial charge in [-0.25, -0.2) is 4.79 Å². The van der Waals surface area contributed by atoms with E-state index in [0.717, 1.165) is 9.56 Å². The highest BCUT2D eigenvalue weighted by molar-refractivity contribution is 7.16. The summed E-state index contributed by atoms with van der Waals surface area (Å²) in [5.74, 6) is -2.17. The lowest BCUT2D eigenvalue weighted by molar-refractivity contribution is -0.424. The molecule has 0 radical (unpaired) electrons. The number of ether oxygens (including phenoxy) is 1. The van der Waals surface area contributed by atoms with Gasteiger partial charge < -0.3 is 20.2 Å². The third kappa shape index (κ3) is 3.98. The Morgan fingerprint density at radius 1 is 1.21 bits per heavy atom. The van der Waals surface area contributed by atoms with E-state index in [1.54, 1.807) is 20.8 Å². The van der Waals surface area contributed by atoms with Crippen LogP contribution in [-0.4, -0.2) is 38.1 Å². The van der Waals surface area contributed by atoms with Crippen molar-refractivity contribution in [2.45, 2.75) is 34.2 Å². The van der Waals surface area contributed by atoms with Gasteiger partial charge in [0.2, 0.25) is 5.91 Å². The summed E-state index contributed by atoms with van der Waals surface area (Å²) in [5, 5.41) is 28.4. The van der Waals surface area contributed by atoms with Gasteiger partial charge in [0.25, 0.3) is 0 Å². The summed E-state index contributed by atoms with van der Waals surface area (Å²) in [5.41, 5.74) is -0.00373. The zero-order chi connectivity index (χ0) is 21.2. The van der Waals surface area contributed by atoms with E-state index < -0.39 is 39.8 Å². The molecule has 0 aliphatic carbocycles. The van der Waals surface area contributed by atoms with Gasteiger partial charge in [-0.3, -0.25) is 14.9 Å². The van der Waals surface area contributed by atoms with Crippen LogP contribution in [0.2, 0.25) is 0 Å². The summed E-state index contributed by atoms with van der Waals surface area (Å²) in [6.45, 7) is 6.08. The number of nitro groups is 2. The number of aryl methyl sites for hydroxylation is 1. The van der Waals surface area contributed by atoms with Gasteiger partial charge in [0.05, 0.1) is 22.2 Å². The largest absolute Gasteiger partial charge is 0.468 e. The molecule has 0 atom stereocenters. The van der Waals surface area contributed by atoms with Gasteiger partial charge >= 0.3 is 17.5 Å². The van der Waals surface area contributed by atoms with Crippen molar-refractivity contribution in [3.63, 3.8) is 0 Å². The number of carbonyl (C=O) groups excluding carboxylic acids is 2. The maximum Gasteiger partial charge on any atom is 0.468 e. The zero-order valence-electron chi connectivity index (χ0n) is 15.5. The monoisotopic (exact) mass is 411 g/mol. The third-order valence-electron chi connectivity index (χ3n) is 3.92. The van der Waals surface area contributed by atoms with Crippen molar-refractivity contribution in [1.29, 1.82) is 0 Å². The Morgan fingerprint density at radius 2 is 1.86 bits per heavy atom. The number of thiophene rings is 1. The van der Waals surface area contributed by atoms with E-state index in [0.29, 0.717) is 5.56 Å². The smallest absolute Gasteiger partial charge is 0.462 e. The van der Waals surface area contributed by atoms with Gasteiger partial charge in [0, 0.05) is 4.88 Å². The maximum atomic E-state index is 12.4. The summed E-state index contributed by atoms with van der Waals surface area (Å²) in [6.07, 6.45) is 0. The molecule has 150 valence electrons. The molecule has 2 rings (SSSR count). The Labute approximate surface area is 162 Å². The van der Waals surface area contributed by atoms with E-state index in [1.807, 2.05) is 0 Å². The van der Waals surface area contributed by atoms with E-state index in [1.165, 1.54) is 18.3 Å². The minimum atomic E-state index is -0.982. The summed E-state index contributed by atoms with van der Waals surface area (Å²) in [6, 6.07) is 0. The Hall–Kier alpha value is -3.35. The number of amides is 1. The Morgan fingerprint density at radius 3 is 2.36 bits per heavy atom. The Bertz CT molecular complexity index is 978. The minimum Gasteiger partial charge on any atom is -0.462 e. The predicted molar refractivity (Wildman–Crippen MR) is 98.7 cm³/mol. The van der Waals surface area contributed by atoms with Crippen molar-refractivity contribution >= 4 is 39.7 Å². The molecule has 1 N–H and O–H groups in total. The summed E-state index contributed by atoms with van der Waals surface area (Å²) in [4.78, 5) is 45.5. The number of esters is 1. The SMILES string of the molecule is CCOC(=O)c1c(NC(=O)Cn2nc([N+](=O)[O-])c([N+](=O)[O-])c2C)sc(C)c1C. The van der Waals surface area contributed by atoms with Crippen LogP contribution < -0.4 is 5.32 Å². The number of rotatable bonds is 7. The van der Waals surface area contributed by atoms with Gasteiger partial charge in [-0.1, -0.05) is 0 Å². The molecule has 0 fully saturated rings. The Balaban J connectivity index is 2.30. The molecule has 2 aromatic rings. The fourth-order valence-corrected chi connectivity index (χ4v) is 3.54. The van der Waals surface area contributed by atoms with E-state index in [9.17, 15) is 29.8 Å². The second-order valence-electron chi connectivity index (χ2n) is 5.69. The molecule has 2 aromatic heterocycles. The van der Waals surface area contributed by atoms with Crippen LogP contribution in [-0.2, 0) is 16.1 Å². The fourth-order valence-electron chi connectivity index (χ4n) is 2.48. The number of aromatic nitrogens is 2. The second kappa shape index (κ2) is 8.12. The molecule has 1 amide bonds. The molecular weight excluding hydrogens is 394 g/mol. The lowest BCUT2D eigenvalue weighted by Gasteiger charge is -2.06. The highest BCUT2D eigenvalue weighted by Gasteiger charge is 2.36. The molecule has 0 saturated heterocycles. The summed E-state index contributed by atoms with van der Waals surface area (Å²) in [7, 11) is 0. The number of hydrogen-bond donors (Lipinski definition) is 1. The topological polar surface area (TPSA) is 160 Å². The molecule has 0 unspecified atom stereocenters. The van der Waals surface area contributed by atoms with Crippen LogP contribution in [0.3, 0.4) is 0 Å². The normalized spacial score (nSPS) is 10.6. The molecular formula is C15H17N5O7S. The van der Waals surface area contributed by atoms with Crippen LogP contribution in [0.1, 0.15) is 33.4 Å². The quantitative estimate of drug-likeness (QED) is 0.413. The number of carbonyl (C=O) groups is 2. The van der Waals surface area contributed by atoms with Crippen LogP contribution in [0.4, 0.5) is 16.5 Å². The number of nitrogens with zero attached hydrogens (tertiary/aromatic N) is 4. The third-order valence-corrected chi connectivity index (χ3v) is 5.05. The van der Waals surface area contributed by atoms with Crippen LogP contribution in [0, 0.1) is 41.0 Å². The van der Waals surface area contributed by atoms with E-state index >= 15 is 0 Å². The van der Waals surface area contributed by atoms with Gasteiger partial charge in [-0.05, 0) is 38.2 Å². The lowest BCUT2D eigenvalue weighted by Crippen LogP contribution is -2.21. The van der Waals surface area contributed by atoms with Crippen molar-refractivity contribution in [3.8, 4) is 0 Å². The van der Waals surface area contributed by atoms with Crippen molar-refractivity contribution < 1.29 is 24.2 Å². The predicted octanol–water partition coefficient (Wildman–Crippen LogP) is 2.50. The zero-order valence-corrected chi connectivity index (χ0v) is 16.3. The van der Waals surface area contributed by atoms with Crippen molar-refractivity contribution in [1.82, 2.24) is 9.78 Å². The maximum absolute atomic E-state index is 12.4. The summed E-state index contributed by atoms with van der Waals surface area (Å²) < 4.78 is 5.88. The van der Waals surface area contributed by atoms with E-state index in [4.69, 9.17) is 4.74 Å². The molecule has 0 spiro atoms. The van der Waals surface area contributed by atoms with Crippen molar-refractivity contribution in [2.75, 3.05) is 11.9 Å². The highest BCUT2D eigenvalue weighted by atomic mass is 32.1. The van der Waals surface area contributed by atoms with Gasteiger partial charge in [0.15, 0.2) is 0 Å². The molecule has 28 heavy (non-hydrogen) atoms. The van der Waals surface area contributed by atoms with Gasteiger partial charge in [-0.15, -0.1) is 11.3 Å².